The first kappa shape index (κ1) is 20.6. The third-order valence-corrected chi connectivity index (χ3v) is 6.71. The van der Waals surface area contributed by atoms with Crippen LogP contribution >= 0.6 is 11.6 Å². The standard InChI is InChI=1S/C17H20ClN5O4S/c1-17(9-26-2,22-23-19)14-8-21-16(13-7-20-15(18)6-12(13)14)27-10-4-11(5-10)28(3,24)25/h6-8,10-11H,4-5,9H2,1-3H3/t10-,11+,17-/m1/s1. The Morgan fingerprint density at radius 1 is 1.36 bits per heavy atom. The Bertz CT molecular complexity index is 1050. The number of ether oxygens (including phenoxy) is 2. The van der Waals surface area contributed by atoms with Gasteiger partial charge in [0.05, 0.1) is 22.8 Å². The van der Waals surface area contributed by atoms with Crippen LogP contribution in [0, 0.1) is 0 Å². The molecular formula is C17H20ClN5O4S. The van der Waals surface area contributed by atoms with Gasteiger partial charge in [0.1, 0.15) is 11.3 Å². The van der Waals surface area contributed by atoms with E-state index in [0.29, 0.717) is 35.1 Å². The summed E-state index contributed by atoms with van der Waals surface area (Å²) < 4.78 is 34.3. The van der Waals surface area contributed by atoms with Gasteiger partial charge in [0.2, 0.25) is 5.88 Å². The van der Waals surface area contributed by atoms with Gasteiger partial charge in [-0.25, -0.2) is 18.4 Å². The summed E-state index contributed by atoms with van der Waals surface area (Å²) in [5, 5.41) is 5.06. The molecule has 0 radical (unpaired) electrons. The van der Waals surface area contributed by atoms with E-state index >= 15 is 0 Å². The van der Waals surface area contributed by atoms with E-state index in [9.17, 15) is 8.42 Å². The topological polar surface area (TPSA) is 127 Å². The molecule has 150 valence electrons. The van der Waals surface area contributed by atoms with Crippen molar-refractivity contribution in [3.63, 3.8) is 0 Å². The molecule has 1 aliphatic rings. The van der Waals surface area contributed by atoms with Gasteiger partial charge in [0, 0.05) is 43.5 Å². The van der Waals surface area contributed by atoms with Crippen LogP contribution in [0.25, 0.3) is 21.2 Å². The van der Waals surface area contributed by atoms with Crippen molar-refractivity contribution < 1.29 is 17.9 Å². The van der Waals surface area contributed by atoms with Crippen LogP contribution in [0.3, 0.4) is 0 Å². The predicted molar refractivity (Wildman–Crippen MR) is 105 cm³/mol. The summed E-state index contributed by atoms with van der Waals surface area (Å²) >= 11 is 6.09. The molecule has 11 heteroatoms. The van der Waals surface area contributed by atoms with E-state index in [-0.39, 0.29) is 23.1 Å². The fourth-order valence-electron chi connectivity index (χ4n) is 3.27. The number of nitrogens with zero attached hydrogens (tertiary/aromatic N) is 5. The number of sulfone groups is 1. The largest absolute Gasteiger partial charge is 0.474 e. The van der Waals surface area contributed by atoms with Crippen LogP contribution in [0.5, 0.6) is 5.88 Å². The van der Waals surface area contributed by atoms with Crippen LogP contribution in [0.1, 0.15) is 25.3 Å². The van der Waals surface area contributed by atoms with E-state index in [1.165, 1.54) is 13.4 Å². The molecule has 0 spiro atoms. The van der Waals surface area contributed by atoms with Crippen LogP contribution in [0.4, 0.5) is 0 Å². The second-order valence-corrected chi connectivity index (χ2v) is 9.80. The molecular weight excluding hydrogens is 406 g/mol. The summed E-state index contributed by atoms with van der Waals surface area (Å²) in [6.07, 6.45) is 4.94. The number of rotatable bonds is 7. The Kier molecular flexibility index (Phi) is 5.67. The van der Waals surface area contributed by atoms with E-state index < -0.39 is 15.4 Å². The smallest absolute Gasteiger partial charge is 0.223 e. The van der Waals surface area contributed by atoms with Crippen molar-refractivity contribution in [1.82, 2.24) is 9.97 Å². The summed E-state index contributed by atoms with van der Waals surface area (Å²) in [6.45, 7) is 1.89. The third-order valence-electron chi connectivity index (χ3n) is 4.91. The molecule has 0 aromatic carbocycles. The van der Waals surface area contributed by atoms with Gasteiger partial charge < -0.3 is 9.47 Å². The molecule has 0 aliphatic heterocycles. The second kappa shape index (κ2) is 7.71. The third kappa shape index (κ3) is 4.00. The predicted octanol–water partition coefficient (Wildman–Crippen LogP) is 3.41. The van der Waals surface area contributed by atoms with Gasteiger partial charge in [-0.2, -0.15) is 0 Å². The molecule has 1 fully saturated rings. The minimum atomic E-state index is -3.07. The molecule has 0 saturated heterocycles. The van der Waals surface area contributed by atoms with Gasteiger partial charge in [-0.1, -0.05) is 16.7 Å². The summed E-state index contributed by atoms with van der Waals surface area (Å²) in [7, 11) is -1.55. The molecule has 3 rings (SSSR count). The van der Waals surface area contributed by atoms with Crippen molar-refractivity contribution >= 4 is 32.2 Å². The fraction of sp³-hybridized carbons (Fsp3) is 0.529. The van der Waals surface area contributed by atoms with Crippen molar-refractivity contribution in [1.29, 1.82) is 0 Å². The molecule has 2 aromatic rings. The van der Waals surface area contributed by atoms with E-state index in [0.717, 1.165) is 0 Å². The quantitative estimate of drug-likeness (QED) is 0.289. The van der Waals surface area contributed by atoms with Crippen molar-refractivity contribution in [2.45, 2.75) is 36.7 Å². The number of pyridine rings is 2. The molecule has 1 saturated carbocycles. The fourth-order valence-corrected chi connectivity index (χ4v) is 4.56. The van der Waals surface area contributed by atoms with Crippen LogP contribution < -0.4 is 4.74 Å². The molecule has 0 amide bonds. The maximum atomic E-state index is 11.6. The first-order valence-corrected chi connectivity index (χ1v) is 10.9. The maximum Gasteiger partial charge on any atom is 0.223 e. The van der Waals surface area contributed by atoms with E-state index in [1.54, 1.807) is 25.4 Å². The molecule has 0 unspecified atom stereocenters. The van der Waals surface area contributed by atoms with Crippen LogP contribution in [-0.2, 0) is 20.1 Å². The minimum Gasteiger partial charge on any atom is -0.474 e. The molecule has 28 heavy (non-hydrogen) atoms. The first-order valence-electron chi connectivity index (χ1n) is 8.53. The van der Waals surface area contributed by atoms with Crippen molar-refractivity contribution in [3.8, 4) is 5.88 Å². The van der Waals surface area contributed by atoms with Gasteiger partial charge in [0.25, 0.3) is 0 Å². The number of fused-ring (bicyclic) bond motifs is 1. The normalized spacial score (nSPS) is 21.4. The zero-order valence-electron chi connectivity index (χ0n) is 15.7. The lowest BCUT2D eigenvalue weighted by molar-refractivity contribution is 0.119. The van der Waals surface area contributed by atoms with Gasteiger partial charge >= 0.3 is 0 Å². The maximum absolute atomic E-state index is 11.6. The Morgan fingerprint density at radius 2 is 2.07 bits per heavy atom. The second-order valence-electron chi connectivity index (χ2n) is 7.09. The number of hydrogen-bond acceptors (Lipinski definition) is 7. The summed E-state index contributed by atoms with van der Waals surface area (Å²) in [6, 6.07) is 1.65. The molecule has 0 bridgehead atoms. The molecule has 9 nitrogen and oxygen atoms in total. The number of halogens is 1. The Morgan fingerprint density at radius 3 is 2.68 bits per heavy atom. The lowest BCUT2D eigenvalue weighted by atomic mass is 9.91. The Hall–Kier alpha value is -2.13. The van der Waals surface area contributed by atoms with Crippen molar-refractivity contribution in [2.75, 3.05) is 20.0 Å². The number of azide groups is 1. The Labute approximate surface area is 167 Å². The summed E-state index contributed by atoms with van der Waals surface area (Å²) in [4.78, 5) is 11.4. The summed E-state index contributed by atoms with van der Waals surface area (Å²) in [5.41, 5.74) is 8.61. The first-order chi connectivity index (χ1) is 13.2. The highest BCUT2D eigenvalue weighted by Crippen LogP contribution is 2.38. The van der Waals surface area contributed by atoms with Gasteiger partial charge in [0.15, 0.2) is 9.84 Å². The van der Waals surface area contributed by atoms with E-state index in [1.807, 2.05) is 0 Å². The lowest BCUT2D eigenvalue weighted by Crippen LogP contribution is -2.42. The number of aromatic nitrogens is 2. The average molecular weight is 426 g/mol. The van der Waals surface area contributed by atoms with Crippen LogP contribution in [0.15, 0.2) is 23.6 Å². The highest BCUT2D eigenvalue weighted by atomic mass is 35.5. The highest BCUT2D eigenvalue weighted by Gasteiger charge is 2.38. The van der Waals surface area contributed by atoms with E-state index in [2.05, 4.69) is 20.0 Å². The van der Waals surface area contributed by atoms with Crippen molar-refractivity contribution in [2.24, 2.45) is 5.11 Å². The molecule has 2 aromatic heterocycles. The lowest BCUT2D eigenvalue weighted by Gasteiger charge is -2.34. The molecule has 0 N–H and O–H groups in total. The Balaban J connectivity index is 2.00. The highest BCUT2D eigenvalue weighted by molar-refractivity contribution is 7.91. The zero-order valence-corrected chi connectivity index (χ0v) is 17.2. The minimum absolute atomic E-state index is 0.145. The SMILES string of the molecule is COC[C@@](C)(N=[N+]=[N-])c1cnc(O[C@H]2C[C@@H](S(C)(=O)=O)C2)c2cnc(Cl)cc12. The van der Waals surface area contributed by atoms with Crippen molar-refractivity contribution in [3.05, 3.63) is 39.6 Å². The van der Waals surface area contributed by atoms with Crippen LogP contribution in [-0.4, -0.2) is 49.7 Å². The van der Waals surface area contributed by atoms with Gasteiger partial charge in [-0.05, 0) is 29.5 Å². The van der Waals surface area contributed by atoms with Crippen LogP contribution in [0.2, 0.25) is 5.15 Å². The molecule has 1 atom stereocenters. The molecule has 2 heterocycles. The van der Waals surface area contributed by atoms with Gasteiger partial charge in [-0.15, -0.1) is 0 Å². The monoisotopic (exact) mass is 425 g/mol. The van der Waals surface area contributed by atoms with Gasteiger partial charge in [-0.3, -0.25) is 0 Å². The average Bonchev–Trinajstić information content (AvgIpc) is 2.56. The van der Waals surface area contributed by atoms with E-state index in [4.69, 9.17) is 26.6 Å². The summed E-state index contributed by atoms with van der Waals surface area (Å²) in [5.74, 6) is 0.334. The zero-order chi connectivity index (χ0) is 20.5. The number of hydrogen-bond donors (Lipinski definition) is 0. The number of methoxy groups -OCH3 is 1. The molecule has 1 aliphatic carbocycles.